The van der Waals surface area contributed by atoms with Crippen molar-refractivity contribution in [2.24, 2.45) is 0 Å². The first-order valence-corrected chi connectivity index (χ1v) is 6.27. The van der Waals surface area contributed by atoms with Gasteiger partial charge < -0.3 is 24.3 Å². The van der Waals surface area contributed by atoms with E-state index in [1.807, 2.05) is 12.1 Å². The van der Waals surface area contributed by atoms with Crippen molar-refractivity contribution in [3.8, 4) is 11.5 Å². The molecule has 1 rings (SSSR count). The SMILES string of the molecule is COCCNCc1ccc(OCC(=O)OC)c(OC)c1. The highest BCUT2D eigenvalue weighted by Gasteiger charge is 2.08. The molecule has 0 aliphatic rings. The van der Waals surface area contributed by atoms with Crippen LogP contribution in [0.3, 0.4) is 0 Å². The molecule has 0 amide bonds. The highest BCUT2D eigenvalue weighted by molar-refractivity contribution is 5.71. The van der Waals surface area contributed by atoms with Gasteiger partial charge in [0.15, 0.2) is 18.1 Å². The number of methoxy groups -OCH3 is 3. The minimum Gasteiger partial charge on any atom is -0.493 e. The molecule has 0 fully saturated rings. The van der Waals surface area contributed by atoms with Crippen molar-refractivity contribution < 1.29 is 23.7 Å². The molecule has 0 bridgehead atoms. The molecule has 112 valence electrons. The third-order valence-electron chi connectivity index (χ3n) is 2.61. The lowest BCUT2D eigenvalue weighted by Gasteiger charge is -2.12. The zero-order chi connectivity index (χ0) is 14.8. The number of carbonyl (C=O) groups excluding carboxylic acids is 1. The van der Waals surface area contributed by atoms with Gasteiger partial charge in [0.2, 0.25) is 0 Å². The molecule has 0 atom stereocenters. The predicted octanol–water partition coefficient (Wildman–Crippen LogP) is 0.983. The number of rotatable bonds is 9. The van der Waals surface area contributed by atoms with E-state index in [1.165, 1.54) is 7.11 Å². The van der Waals surface area contributed by atoms with Crippen LogP contribution in [-0.2, 0) is 20.8 Å². The monoisotopic (exact) mass is 283 g/mol. The van der Waals surface area contributed by atoms with Crippen LogP contribution in [0.4, 0.5) is 0 Å². The Morgan fingerprint density at radius 2 is 2.00 bits per heavy atom. The van der Waals surface area contributed by atoms with Gasteiger partial charge >= 0.3 is 5.97 Å². The smallest absolute Gasteiger partial charge is 0.343 e. The van der Waals surface area contributed by atoms with Crippen LogP contribution in [0.1, 0.15) is 5.56 Å². The summed E-state index contributed by atoms with van der Waals surface area (Å²) in [4.78, 5) is 11.0. The molecule has 1 aromatic carbocycles. The zero-order valence-corrected chi connectivity index (χ0v) is 12.1. The van der Waals surface area contributed by atoms with Crippen molar-refractivity contribution in [3.63, 3.8) is 0 Å². The summed E-state index contributed by atoms with van der Waals surface area (Å²) in [6.07, 6.45) is 0. The van der Waals surface area contributed by atoms with Crippen LogP contribution in [0.15, 0.2) is 18.2 Å². The quantitative estimate of drug-likeness (QED) is 0.538. The summed E-state index contributed by atoms with van der Waals surface area (Å²) in [7, 11) is 4.54. The fourth-order valence-electron chi connectivity index (χ4n) is 1.54. The van der Waals surface area contributed by atoms with Gasteiger partial charge in [-0.05, 0) is 17.7 Å². The van der Waals surface area contributed by atoms with Crippen LogP contribution in [0, 0.1) is 0 Å². The summed E-state index contributed by atoms with van der Waals surface area (Å²) in [5.74, 6) is 0.663. The number of hydrogen-bond donors (Lipinski definition) is 1. The Hall–Kier alpha value is -1.79. The Balaban J connectivity index is 2.58. The van der Waals surface area contributed by atoms with E-state index in [-0.39, 0.29) is 6.61 Å². The van der Waals surface area contributed by atoms with E-state index in [2.05, 4.69) is 10.1 Å². The topological polar surface area (TPSA) is 66.0 Å². The van der Waals surface area contributed by atoms with E-state index in [0.717, 1.165) is 12.1 Å². The van der Waals surface area contributed by atoms with Gasteiger partial charge in [0.05, 0.1) is 20.8 Å². The maximum Gasteiger partial charge on any atom is 0.343 e. The maximum absolute atomic E-state index is 11.0. The largest absolute Gasteiger partial charge is 0.493 e. The van der Waals surface area contributed by atoms with Gasteiger partial charge in [0.1, 0.15) is 0 Å². The minimum absolute atomic E-state index is 0.141. The lowest BCUT2D eigenvalue weighted by molar-refractivity contribution is -0.142. The number of esters is 1. The minimum atomic E-state index is -0.433. The van der Waals surface area contributed by atoms with E-state index in [1.54, 1.807) is 20.3 Å². The molecule has 0 unspecified atom stereocenters. The van der Waals surface area contributed by atoms with Gasteiger partial charge in [-0.2, -0.15) is 0 Å². The molecule has 6 nitrogen and oxygen atoms in total. The predicted molar refractivity (Wildman–Crippen MR) is 74.1 cm³/mol. The summed E-state index contributed by atoms with van der Waals surface area (Å²) in [6, 6.07) is 5.55. The molecule has 0 saturated heterocycles. The molecular weight excluding hydrogens is 262 g/mol. The Kier molecular flexibility index (Phi) is 7.46. The Morgan fingerprint density at radius 1 is 1.20 bits per heavy atom. The van der Waals surface area contributed by atoms with E-state index < -0.39 is 5.97 Å². The van der Waals surface area contributed by atoms with Crippen LogP contribution in [0.2, 0.25) is 0 Å². The third-order valence-corrected chi connectivity index (χ3v) is 2.61. The summed E-state index contributed by atoms with van der Waals surface area (Å²) in [5.41, 5.74) is 1.06. The molecule has 0 saturated carbocycles. The van der Waals surface area contributed by atoms with E-state index in [0.29, 0.717) is 24.7 Å². The first kappa shape index (κ1) is 16.3. The Morgan fingerprint density at radius 3 is 2.65 bits per heavy atom. The van der Waals surface area contributed by atoms with E-state index in [4.69, 9.17) is 14.2 Å². The maximum atomic E-state index is 11.0. The first-order valence-electron chi connectivity index (χ1n) is 6.27. The second-order valence-corrected chi connectivity index (χ2v) is 4.02. The van der Waals surface area contributed by atoms with Crippen LogP contribution < -0.4 is 14.8 Å². The Bertz CT molecular complexity index is 422. The standard InChI is InChI=1S/C14H21NO5/c1-17-7-6-15-9-11-4-5-12(13(8-11)18-2)20-10-14(16)19-3/h4-5,8,15H,6-7,9-10H2,1-3H3. The number of hydrogen-bond acceptors (Lipinski definition) is 6. The lowest BCUT2D eigenvalue weighted by atomic mass is 10.2. The van der Waals surface area contributed by atoms with Gasteiger partial charge in [0, 0.05) is 20.2 Å². The van der Waals surface area contributed by atoms with Gasteiger partial charge in [-0.15, -0.1) is 0 Å². The molecule has 0 spiro atoms. The van der Waals surface area contributed by atoms with Crippen molar-refractivity contribution in [2.75, 3.05) is 41.1 Å². The van der Waals surface area contributed by atoms with Gasteiger partial charge in [-0.3, -0.25) is 0 Å². The average Bonchev–Trinajstić information content (AvgIpc) is 2.49. The van der Waals surface area contributed by atoms with Crippen LogP contribution in [-0.4, -0.2) is 47.1 Å². The zero-order valence-electron chi connectivity index (χ0n) is 12.1. The fourth-order valence-corrected chi connectivity index (χ4v) is 1.54. The third kappa shape index (κ3) is 5.46. The van der Waals surface area contributed by atoms with Gasteiger partial charge in [-0.1, -0.05) is 6.07 Å². The van der Waals surface area contributed by atoms with Crippen LogP contribution in [0.25, 0.3) is 0 Å². The molecule has 1 aromatic rings. The molecule has 1 N–H and O–H groups in total. The molecule has 0 heterocycles. The molecule has 0 aliphatic heterocycles. The first-order chi connectivity index (χ1) is 9.71. The van der Waals surface area contributed by atoms with Crippen molar-refractivity contribution in [3.05, 3.63) is 23.8 Å². The summed E-state index contributed by atoms with van der Waals surface area (Å²) in [6.45, 7) is 2.01. The molecule has 0 radical (unpaired) electrons. The van der Waals surface area contributed by atoms with Crippen LogP contribution in [0.5, 0.6) is 11.5 Å². The van der Waals surface area contributed by atoms with Crippen molar-refractivity contribution in [1.82, 2.24) is 5.32 Å². The molecule has 20 heavy (non-hydrogen) atoms. The van der Waals surface area contributed by atoms with Crippen molar-refractivity contribution in [2.45, 2.75) is 6.54 Å². The number of nitrogens with one attached hydrogen (secondary N) is 1. The second kappa shape index (κ2) is 9.17. The average molecular weight is 283 g/mol. The number of ether oxygens (including phenoxy) is 4. The molecule has 0 aromatic heterocycles. The molecule has 0 aliphatic carbocycles. The second-order valence-electron chi connectivity index (χ2n) is 4.02. The molecular formula is C14H21NO5. The summed E-state index contributed by atoms with van der Waals surface area (Å²) in [5, 5.41) is 3.24. The summed E-state index contributed by atoms with van der Waals surface area (Å²) < 4.78 is 20.1. The van der Waals surface area contributed by atoms with E-state index in [9.17, 15) is 4.79 Å². The number of carbonyl (C=O) groups is 1. The number of benzene rings is 1. The highest BCUT2D eigenvalue weighted by atomic mass is 16.6. The van der Waals surface area contributed by atoms with Gasteiger partial charge in [-0.25, -0.2) is 4.79 Å². The summed E-state index contributed by atoms with van der Waals surface area (Å²) >= 11 is 0. The lowest BCUT2D eigenvalue weighted by Crippen LogP contribution is -2.18. The highest BCUT2D eigenvalue weighted by Crippen LogP contribution is 2.28. The Labute approximate surface area is 119 Å². The fraction of sp³-hybridized carbons (Fsp3) is 0.500. The van der Waals surface area contributed by atoms with Gasteiger partial charge in [0.25, 0.3) is 0 Å². The van der Waals surface area contributed by atoms with E-state index >= 15 is 0 Å². The van der Waals surface area contributed by atoms with Crippen LogP contribution >= 0.6 is 0 Å². The van der Waals surface area contributed by atoms with Crippen molar-refractivity contribution >= 4 is 5.97 Å². The van der Waals surface area contributed by atoms with Crippen molar-refractivity contribution in [1.29, 1.82) is 0 Å². The normalized spacial score (nSPS) is 10.2. The molecule has 6 heteroatoms.